The Balaban J connectivity index is 2.56. The first-order chi connectivity index (χ1) is 8.17. The zero-order valence-electron chi connectivity index (χ0n) is 10.4. The van der Waals surface area contributed by atoms with E-state index in [1.54, 1.807) is 0 Å². The highest BCUT2D eigenvalue weighted by molar-refractivity contribution is 6.16. The Kier molecular flexibility index (Phi) is 3.48. The van der Waals surface area contributed by atoms with Gasteiger partial charge in [0.2, 0.25) is 0 Å². The lowest BCUT2D eigenvalue weighted by Gasteiger charge is -2.09. The number of aromatic nitrogens is 3. The quantitative estimate of drug-likeness (QED) is 0.782. The van der Waals surface area contributed by atoms with E-state index in [0.717, 1.165) is 23.8 Å². The van der Waals surface area contributed by atoms with E-state index in [-0.39, 0.29) is 0 Å². The molecular formula is C13H16ClN3. The second kappa shape index (κ2) is 4.88. The van der Waals surface area contributed by atoms with Crippen LogP contribution in [-0.2, 0) is 12.4 Å². The number of halogens is 1. The van der Waals surface area contributed by atoms with E-state index in [1.165, 1.54) is 11.1 Å². The molecule has 0 aliphatic heterocycles. The average molecular weight is 250 g/mol. The Hall–Kier alpha value is -1.35. The fourth-order valence-electron chi connectivity index (χ4n) is 2.03. The highest BCUT2D eigenvalue weighted by Crippen LogP contribution is 2.23. The largest absolute Gasteiger partial charge is 0.310 e. The van der Waals surface area contributed by atoms with Gasteiger partial charge in [-0.3, -0.25) is 0 Å². The van der Waals surface area contributed by atoms with E-state index in [9.17, 15) is 0 Å². The minimum Gasteiger partial charge on any atom is -0.310 e. The second-order valence-corrected chi connectivity index (χ2v) is 4.40. The molecule has 2 rings (SSSR count). The van der Waals surface area contributed by atoms with E-state index in [1.807, 2.05) is 0 Å². The van der Waals surface area contributed by atoms with Crippen LogP contribution in [0.5, 0.6) is 0 Å². The third kappa shape index (κ3) is 2.20. The molecule has 1 aromatic carbocycles. The Bertz CT molecular complexity index is 531. The van der Waals surface area contributed by atoms with Crippen LogP contribution in [-0.4, -0.2) is 14.8 Å². The molecule has 0 amide bonds. The molecular weight excluding hydrogens is 234 g/mol. The highest BCUT2D eigenvalue weighted by atomic mass is 35.5. The van der Waals surface area contributed by atoms with Crippen LogP contribution in [0.4, 0.5) is 0 Å². The van der Waals surface area contributed by atoms with Crippen molar-refractivity contribution in [2.24, 2.45) is 0 Å². The molecule has 0 aliphatic rings. The third-order valence-corrected chi connectivity index (χ3v) is 3.13. The van der Waals surface area contributed by atoms with Gasteiger partial charge in [-0.25, -0.2) is 0 Å². The van der Waals surface area contributed by atoms with Crippen molar-refractivity contribution in [3.63, 3.8) is 0 Å². The third-order valence-electron chi connectivity index (χ3n) is 2.89. The van der Waals surface area contributed by atoms with Crippen LogP contribution in [0.25, 0.3) is 11.4 Å². The van der Waals surface area contributed by atoms with E-state index in [0.29, 0.717) is 5.88 Å². The van der Waals surface area contributed by atoms with Gasteiger partial charge in [0.1, 0.15) is 5.82 Å². The normalized spacial score (nSPS) is 10.8. The van der Waals surface area contributed by atoms with E-state index in [2.05, 4.69) is 53.7 Å². The lowest BCUT2D eigenvalue weighted by Crippen LogP contribution is -2.02. The maximum absolute atomic E-state index is 5.85. The van der Waals surface area contributed by atoms with Gasteiger partial charge in [-0.2, -0.15) is 0 Å². The van der Waals surface area contributed by atoms with Gasteiger partial charge in [-0.15, -0.1) is 21.8 Å². The van der Waals surface area contributed by atoms with Crippen molar-refractivity contribution in [2.75, 3.05) is 0 Å². The van der Waals surface area contributed by atoms with Gasteiger partial charge in [0.25, 0.3) is 0 Å². The van der Waals surface area contributed by atoms with Crippen LogP contribution < -0.4 is 0 Å². The molecule has 0 N–H and O–H groups in total. The summed E-state index contributed by atoms with van der Waals surface area (Å²) in [4.78, 5) is 0. The van der Waals surface area contributed by atoms with Gasteiger partial charge >= 0.3 is 0 Å². The first kappa shape index (κ1) is 12.1. The summed E-state index contributed by atoms with van der Waals surface area (Å²) >= 11 is 5.85. The topological polar surface area (TPSA) is 30.7 Å². The fraction of sp³-hybridized carbons (Fsp3) is 0.385. The van der Waals surface area contributed by atoms with Crippen LogP contribution >= 0.6 is 11.6 Å². The summed E-state index contributed by atoms with van der Waals surface area (Å²) in [7, 11) is 0. The van der Waals surface area contributed by atoms with Gasteiger partial charge in [0, 0.05) is 12.1 Å². The number of hydrogen-bond donors (Lipinski definition) is 0. The molecule has 2 aromatic rings. The zero-order valence-corrected chi connectivity index (χ0v) is 11.1. The Morgan fingerprint density at radius 2 is 2.00 bits per heavy atom. The molecule has 0 spiro atoms. The minimum absolute atomic E-state index is 0.395. The van der Waals surface area contributed by atoms with Crippen LogP contribution in [0, 0.1) is 13.8 Å². The van der Waals surface area contributed by atoms with Crippen molar-refractivity contribution >= 4 is 11.6 Å². The SMILES string of the molecule is CCn1c(CCl)nnc1-c1ccc(C)cc1C. The Morgan fingerprint density at radius 1 is 1.24 bits per heavy atom. The number of aryl methyl sites for hydroxylation is 2. The van der Waals surface area contributed by atoms with Crippen LogP contribution in [0.3, 0.4) is 0 Å². The molecule has 17 heavy (non-hydrogen) atoms. The van der Waals surface area contributed by atoms with Gasteiger partial charge in [-0.1, -0.05) is 23.8 Å². The maximum Gasteiger partial charge on any atom is 0.164 e. The van der Waals surface area contributed by atoms with Crippen molar-refractivity contribution < 1.29 is 0 Å². The van der Waals surface area contributed by atoms with Crippen molar-refractivity contribution in [1.29, 1.82) is 0 Å². The van der Waals surface area contributed by atoms with Crippen molar-refractivity contribution in [1.82, 2.24) is 14.8 Å². The molecule has 1 heterocycles. The summed E-state index contributed by atoms with van der Waals surface area (Å²) in [6.45, 7) is 7.09. The zero-order chi connectivity index (χ0) is 12.4. The molecule has 4 heteroatoms. The van der Waals surface area contributed by atoms with Gasteiger partial charge in [0.15, 0.2) is 5.82 Å². The summed E-state index contributed by atoms with van der Waals surface area (Å²) in [5.41, 5.74) is 3.60. The van der Waals surface area contributed by atoms with Crippen molar-refractivity contribution in [3.05, 3.63) is 35.2 Å². The smallest absolute Gasteiger partial charge is 0.164 e. The first-order valence-electron chi connectivity index (χ1n) is 5.73. The van der Waals surface area contributed by atoms with Crippen molar-refractivity contribution in [3.8, 4) is 11.4 Å². The summed E-state index contributed by atoms with van der Waals surface area (Å²) in [6, 6.07) is 6.35. The van der Waals surface area contributed by atoms with E-state index in [4.69, 9.17) is 11.6 Å². The minimum atomic E-state index is 0.395. The fourth-order valence-corrected chi connectivity index (χ4v) is 2.23. The molecule has 0 fully saturated rings. The van der Waals surface area contributed by atoms with E-state index < -0.39 is 0 Å². The average Bonchev–Trinajstić information content (AvgIpc) is 2.71. The molecule has 1 aromatic heterocycles. The monoisotopic (exact) mass is 249 g/mol. The molecule has 3 nitrogen and oxygen atoms in total. The highest BCUT2D eigenvalue weighted by Gasteiger charge is 2.13. The summed E-state index contributed by atoms with van der Waals surface area (Å²) in [5, 5.41) is 8.37. The lowest BCUT2D eigenvalue weighted by atomic mass is 10.1. The lowest BCUT2D eigenvalue weighted by molar-refractivity contribution is 0.730. The molecule has 90 valence electrons. The van der Waals surface area contributed by atoms with Gasteiger partial charge < -0.3 is 4.57 Å². The summed E-state index contributed by atoms with van der Waals surface area (Å²) in [6.07, 6.45) is 0. The van der Waals surface area contributed by atoms with Crippen LogP contribution in [0.1, 0.15) is 23.9 Å². The standard InChI is InChI=1S/C13H16ClN3/c1-4-17-12(8-14)15-16-13(17)11-6-5-9(2)7-10(11)3/h5-7H,4,8H2,1-3H3. The first-order valence-corrected chi connectivity index (χ1v) is 6.26. The van der Waals surface area contributed by atoms with Gasteiger partial charge in [-0.05, 0) is 26.3 Å². The molecule has 0 saturated carbocycles. The second-order valence-electron chi connectivity index (χ2n) is 4.14. The molecule has 0 bridgehead atoms. The number of benzene rings is 1. The van der Waals surface area contributed by atoms with E-state index >= 15 is 0 Å². The Labute approximate surface area is 106 Å². The molecule has 0 unspecified atom stereocenters. The van der Waals surface area contributed by atoms with Crippen LogP contribution in [0.15, 0.2) is 18.2 Å². The van der Waals surface area contributed by atoms with Crippen LogP contribution in [0.2, 0.25) is 0 Å². The molecule has 0 aliphatic carbocycles. The number of rotatable bonds is 3. The number of alkyl halides is 1. The summed E-state index contributed by atoms with van der Waals surface area (Å²) in [5.74, 6) is 2.12. The molecule has 0 atom stereocenters. The Morgan fingerprint density at radius 3 is 2.59 bits per heavy atom. The number of nitrogens with zero attached hydrogens (tertiary/aromatic N) is 3. The molecule has 0 radical (unpaired) electrons. The van der Waals surface area contributed by atoms with Crippen molar-refractivity contribution in [2.45, 2.75) is 33.2 Å². The number of hydrogen-bond acceptors (Lipinski definition) is 2. The predicted octanol–water partition coefficient (Wildman–Crippen LogP) is 3.32. The van der Waals surface area contributed by atoms with Gasteiger partial charge in [0.05, 0.1) is 5.88 Å². The maximum atomic E-state index is 5.85. The predicted molar refractivity (Wildman–Crippen MR) is 70.2 cm³/mol. The molecule has 0 saturated heterocycles. The summed E-state index contributed by atoms with van der Waals surface area (Å²) < 4.78 is 2.06.